The Labute approximate surface area is 136 Å². The van der Waals surface area contributed by atoms with Crippen LogP contribution in [0.25, 0.3) is 0 Å². The first-order chi connectivity index (χ1) is 11.1. The van der Waals surface area contributed by atoms with Crippen molar-refractivity contribution in [1.29, 1.82) is 0 Å². The summed E-state index contributed by atoms with van der Waals surface area (Å²) in [5.74, 6) is -0.324. The van der Waals surface area contributed by atoms with E-state index in [0.717, 1.165) is 0 Å². The highest BCUT2D eigenvalue weighted by atomic mass is 32.1. The lowest BCUT2D eigenvalue weighted by molar-refractivity contribution is 0.211. The topological polar surface area (TPSA) is 84.0 Å². The molecule has 0 unspecified atom stereocenters. The molecule has 7 nitrogen and oxygen atoms in total. The molecule has 3 rings (SSSR count). The molecule has 9 heteroatoms. The molecule has 0 aromatic heterocycles. The number of fused-ring (bicyclic) bond motifs is 1. The van der Waals surface area contributed by atoms with Gasteiger partial charge in [-0.1, -0.05) is 6.07 Å². The fraction of sp³-hybridized carbons (Fsp3) is 0. The summed E-state index contributed by atoms with van der Waals surface area (Å²) in [6.07, 6.45) is 1.51. The normalized spacial score (nSPS) is 12.9. The number of hydrazone groups is 1. The minimum absolute atomic E-state index is 0.254. The maximum absolute atomic E-state index is 12.8. The van der Waals surface area contributed by atoms with Crippen molar-refractivity contribution < 1.29 is 9.33 Å². The second-order valence-electron chi connectivity index (χ2n) is 4.56. The molecular weight excluding hydrogens is 321 g/mol. The van der Waals surface area contributed by atoms with Gasteiger partial charge in [0.2, 0.25) is 0 Å². The van der Waals surface area contributed by atoms with E-state index in [2.05, 4.69) is 26.3 Å². The summed E-state index contributed by atoms with van der Waals surface area (Å²) in [6.45, 7) is 0. The van der Waals surface area contributed by atoms with Crippen molar-refractivity contribution in [2.75, 3.05) is 16.0 Å². The first kappa shape index (κ1) is 15.2. The lowest BCUT2D eigenvalue weighted by Crippen LogP contribution is -2.23. The van der Waals surface area contributed by atoms with Crippen LogP contribution < -0.4 is 21.4 Å². The van der Waals surface area contributed by atoms with Crippen LogP contribution in [0, 0.1) is 11.0 Å². The van der Waals surface area contributed by atoms with E-state index in [9.17, 15) is 9.60 Å². The molecule has 0 bridgehead atoms. The van der Waals surface area contributed by atoms with Crippen LogP contribution in [0.15, 0.2) is 47.6 Å². The molecule has 2 aromatic carbocycles. The second-order valence-corrected chi connectivity index (χ2v) is 4.97. The molecule has 0 aliphatic carbocycles. The van der Waals surface area contributed by atoms with Crippen LogP contribution in [-0.2, 0) is 4.94 Å². The minimum atomic E-state index is -0.324. The summed E-state index contributed by atoms with van der Waals surface area (Å²) in [6, 6.07) is 10.8. The number of hydrogen-bond acceptors (Lipinski definition) is 6. The maximum Gasteiger partial charge on any atom is 0.191 e. The van der Waals surface area contributed by atoms with Gasteiger partial charge in [0.15, 0.2) is 5.11 Å². The van der Waals surface area contributed by atoms with Crippen LogP contribution in [0.2, 0.25) is 0 Å². The number of hydrogen-bond donors (Lipinski definition) is 3. The number of halogens is 1. The van der Waals surface area contributed by atoms with Crippen LogP contribution in [0.4, 0.5) is 21.5 Å². The summed E-state index contributed by atoms with van der Waals surface area (Å²) in [5, 5.41) is 18.8. The van der Waals surface area contributed by atoms with Crippen molar-refractivity contribution in [3.8, 4) is 0 Å². The molecule has 0 radical (unpaired) electrons. The number of thiocarbonyl (C=S) groups is 1. The Morgan fingerprint density at radius 2 is 2.09 bits per heavy atom. The Bertz CT molecular complexity index is 753. The molecule has 1 aliphatic rings. The van der Waals surface area contributed by atoms with E-state index in [1.807, 2.05) is 0 Å². The summed E-state index contributed by atoms with van der Waals surface area (Å²) in [5.41, 5.74) is 7.38. The Balaban J connectivity index is 1.57. The van der Waals surface area contributed by atoms with E-state index in [0.29, 0.717) is 27.9 Å². The third-order valence-corrected chi connectivity index (χ3v) is 3.13. The lowest BCUT2D eigenvalue weighted by atomic mass is 10.2. The van der Waals surface area contributed by atoms with Gasteiger partial charge in [0.1, 0.15) is 5.82 Å². The summed E-state index contributed by atoms with van der Waals surface area (Å²) in [4.78, 5) is 4.61. The van der Waals surface area contributed by atoms with E-state index in [-0.39, 0.29) is 10.9 Å². The van der Waals surface area contributed by atoms with Gasteiger partial charge in [-0.3, -0.25) is 10.7 Å². The molecule has 3 N–H and O–H groups in total. The van der Waals surface area contributed by atoms with Crippen LogP contribution >= 0.6 is 12.2 Å². The standard InChI is InChI=1S/C14H11FN5O2S/c15-10-2-4-11(5-3-10)17-14(23)18-16-8-9-1-6-12-13(7-9)20(21)22-19-12/h1-8,19H,(H2,17,18,23)/q-1/b16-8+. The van der Waals surface area contributed by atoms with Crippen LogP contribution in [0.3, 0.4) is 0 Å². The predicted molar refractivity (Wildman–Crippen MR) is 90.3 cm³/mol. The van der Waals surface area contributed by atoms with E-state index in [4.69, 9.17) is 12.2 Å². The van der Waals surface area contributed by atoms with Crippen molar-refractivity contribution in [1.82, 2.24) is 5.43 Å². The van der Waals surface area contributed by atoms with Gasteiger partial charge >= 0.3 is 0 Å². The van der Waals surface area contributed by atoms with Gasteiger partial charge in [-0.05, 0) is 54.2 Å². The Kier molecular flexibility index (Phi) is 4.33. The maximum atomic E-state index is 12.8. The smallest absolute Gasteiger partial charge is 0.191 e. The van der Waals surface area contributed by atoms with Crippen molar-refractivity contribution in [3.63, 3.8) is 0 Å². The quantitative estimate of drug-likeness (QED) is 0.453. The van der Waals surface area contributed by atoms with Crippen molar-refractivity contribution in [2.45, 2.75) is 0 Å². The highest BCUT2D eigenvalue weighted by Crippen LogP contribution is 2.31. The zero-order valence-corrected chi connectivity index (χ0v) is 12.4. The fourth-order valence-corrected chi connectivity index (χ4v) is 2.03. The zero-order chi connectivity index (χ0) is 16.2. The summed E-state index contributed by atoms with van der Waals surface area (Å²) < 4.78 is 12.8. The highest BCUT2D eigenvalue weighted by molar-refractivity contribution is 7.80. The van der Waals surface area contributed by atoms with E-state index >= 15 is 0 Å². The molecule has 0 spiro atoms. The van der Waals surface area contributed by atoms with Crippen LogP contribution in [-0.4, -0.2) is 11.3 Å². The Morgan fingerprint density at radius 3 is 2.87 bits per heavy atom. The number of anilines is 3. The predicted octanol–water partition coefficient (Wildman–Crippen LogP) is 2.72. The average molecular weight is 332 g/mol. The van der Waals surface area contributed by atoms with Gasteiger partial charge in [-0.15, -0.1) is 0 Å². The fourth-order valence-electron chi connectivity index (χ4n) is 1.86. The SMILES string of the molecule is [O-]N1ONc2ccc(/C=N/NC(=S)Nc3ccc(F)cc3)cc21. The van der Waals surface area contributed by atoms with Crippen molar-refractivity contribution in [2.24, 2.45) is 5.10 Å². The number of benzene rings is 2. The molecule has 2 aromatic rings. The average Bonchev–Trinajstić information content (AvgIpc) is 2.91. The molecule has 0 saturated heterocycles. The van der Waals surface area contributed by atoms with Gasteiger partial charge in [0, 0.05) is 5.69 Å². The summed E-state index contributed by atoms with van der Waals surface area (Å²) >= 11 is 5.06. The van der Waals surface area contributed by atoms with Gasteiger partial charge in [0.05, 0.1) is 17.6 Å². The lowest BCUT2D eigenvalue weighted by Gasteiger charge is -2.19. The molecule has 23 heavy (non-hydrogen) atoms. The molecule has 1 aliphatic heterocycles. The Morgan fingerprint density at radius 1 is 1.30 bits per heavy atom. The molecule has 0 amide bonds. The number of nitrogens with zero attached hydrogens (tertiary/aromatic N) is 2. The third-order valence-electron chi connectivity index (χ3n) is 2.94. The minimum Gasteiger partial charge on any atom is -0.731 e. The molecule has 0 saturated carbocycles. The molecular formula is C14H11FN5O2S-. The number of rotatable bonds is 3. The van der Waals surface area contributed by atoms with E-state index in [1.54, 1.807) is 30.3 Å². The molecule has 0 fully saturated rings. The zero-order valence-electron chi connectivity index (χ0n) is 11.6. The molecule has 0 atom stereocenters. The molecule has 1 heterocycles. The van der Waals surface area contributed by atoms with Gasteiger partial charge in [-0.2, -0.15) is 10.0 Å². The second kappa shape index (κ2) is 6.57. The first-order valence-corrected chi connectivity index (χ1v) is 6.92. The van der Waals surface area contributed by atoms with Gasteiger partial charge in [-0.25, -0.2) is 9.87 Å². The molecule has 118 valence electrons. The van der Waals surface area contributed by atoms with Crippen LogP contribution in [0.5, 0.6) is 0 Å². The van der Waals surface area contributed by atoms with Crippen molar-refractivity contribution in [3.05, 3.63) is 59.1 Å². The Hall–Kier alpha value is -2.75. The third kappa shape index (κ3) is 3.72. The van der Waals surface area contributed by atoms with E-state index < -0.39 is 0 Å². The number of nitrogens with one attached hydrogen (secondary N) is 3. The first-order valence-electron chi connectivity index (χ1n) is 6.52. The van der Waals surface area contributed by atoms with Gasteiger partial charge in [0.25, 0.3) is 0 Å². The van der Waals surface area contributed by atoms with Crippen LogP contribution in [0.1, 0.15) is 5.56 Å². The monoisotopic (exact) mass is 332 g/mol. The van der Waals surface area contributed by atoms with Crippen molar-refractivity contribution >= 4 is 40.6 Å². The largest absolute Gasteiger partial charge is 0.731 e. The summed E-state index contributed by atoms with van der Waals surface area (Å²) in [7, 11) is 0. The van der Waals surface area contributed by atoms with E-state index in [1.165, 1.54) is 18.3 Å². The van der Waals surface area contributed by atoms with Gasteiger partial charge < -0.3 is 10.5 Å². The highest BCUT2D eigenvalue weighted by Gasteiger charge is 2.12.